The Morgan fingerprint density at radius 3 is 1.41 bits per heavy atom. The van der Waals surface area contributed by atoms with Gasteiger partial charge in [0.05, 0.1) is 78.4 Å². The largest absolute Gasteiger partial charge is 0.382 e. The average molecular weight is 923 g/mol. The molecule has 4 atom stereocenters. The Morgan fingerprint density at radius 1 is 0.453 bits per heavy atom. The molecular formula is C52H76O10P2. The smallest absolute Gasteiger partial charge is 0.335 e. The fourth-order valence-corrected chi connectivity index (χ4v) is 11.8. The van der Waals surface area contributed by atoms with Gasteiger partial charge in [0.15, 0.2) is 0 Å². The molecule has 12 heteroatoms. The average Bonchev–Trinajstić information content (AvgIpc) is 3.28. The quantitative estimate of drug-likeness (QED) is 0.0338. The molecule has 0 radical (unpaired) electrons. The maximum atomic E-state index is 13.6. The number of hydrogen-bond acceptors (Lipinski definition) is 10. The third kappa shape index (κ3) is 18.0. The number of ether oxygens (including phenoxy) is 4. The molecule has 10 nitrogen and oxygen atoms in total. The van der Waals surface area contributed by atoms with Crippen LogP contribution >= 0.6 is 15.2 Å². The lowest BCUT2D eigenvalue weighted by atomic mass is 9.75. The van der Waals surface area contributed by atoms with Crippen molar-refractivity contribution in [3.63, 3.8) is 0 Å². The molecule has 4 unspecified atom stereocenters. The molecule has 0 aliphatic rings. The van der Waals surface area contributed by atoms with Crippen LogP contribution in [0.5, 0.6) is 0 Å². The van der Waals surface area contributed by atoms with Gasteiger partial charge in [-0.25, -0.2) is 0 Å². The second-order valence-corrected chi connectivity index (χ2v) is 20.5. The van der Waals surface area contributed by atoms with Crippen LogP contribution < -0.4 is 0 Å². The van der Waals surface area contributed by atoms with Gasteiger partial charge in [-0.05, 0) is 122 Å². The lowest BCUT2D eigenvalue weighted by Gasteiger charge is -2.30. The Hall–Kier alpha value is -2.98. The van der Waals surface area contributed by atoms with Crippen molar-refractivity contribution in [2.45, 2.75) is 116 Å². The van der Waals surface area contributed by atoms with Gasteiger partial charge in [-0.15, -0.1) is 0 Å². The zero-order chi connectivity index (χ0) is 46.2. The predicted molar refractivity (Wildman–Crippen MR) is 259 cm³/mol. The van der Waals surface area contributed by atoms with Gasteiger partial charge in [-0.3, -0.25) is 9.13 Å². The minimum Gasteiger partial charge on any atom is -0.382 e. The lowest BCUT2D eigenvalue weighted by molar-refractivity contribution is 0.0616. The molecule has 0 bridgehead atoms. The molecule has 4 aromatic rings. The summed E-state index contributed by atoms with van der Waals surface area (Å²) >= 11 is 0. The van der Waals surface area contributed by atoms with E-state index in [1.54, 1.807) is 14.2 Å². The summed E-state index contributed by atoms with van der Waals surface area (Å²) in [5, 5.41) is 0. The maximum absolute atomic E-state index is 13.6. The van der Waals surface area contributed by atoms with Crippen molar-refractivity contribution in [2.24, 2.45) is 0 Å². The zero-order valence-electron chi connectivity index (χ0n) is 39.8. The summed E-state index contributed by atoms with van der Waals surface area (Å²) in [7, 11) is -3.19. The molecule has 0 spiro atoms. The van der Waals surface area contributed by atoms with E-state index in [2.05, 4.69) is 105 Å². The molecule has 0 aliphatic heterocycles. The van der Waals surface area contributed by atoms with E-state index in [1.165, 1.54) is 22.3 Å². The number of rotatable bonds is 33. The van der Waals surface area contributed by atoms with Gasteiger partial charge >= 0.3 is 15.2 Å². The molecule has 0 saturated heterocycles. The molecule has 0 heterocycles. The van der Waals surface area contributed by atoms with Crippen LogP contribution in [0.25, 0.3) is 0 Å². The van der Waals surface area contributed by atoms with Crippen molar-refractivity contribution < 1.29 is 46.2 Å². The molecule has 64 heavy (non-hydrogen) atoms. The second-order valence-electron chi connectivity index (χ2n) is 16.4. The Labute approximate surface area is 385 Å². The summed E-state index contributed by atoms with van der Waals surface area (Å²) in [4.78, 5) is 0. The molecule has 0 saturated carbocycles. The third-order valence-electron chi connectivity index (χ3n) is 11.6. The second kappa shape index (κ2) is 28.9. The van der Waals surface area contributed by atoms with Crippen LogP contribution in [0.3, 0.4) is 0 Å². The van der Waals surface area contributed by atoms with E-state index in [0.717, 1.165) is 47.9 Å². The molecule has 0 N–H and O–H groups in total. The molecular weight excluding hydrogens is 847 g/mol. The van der Waals surface area contributed by atoms with E-state index >= 15 is 0 Å². The Balaban J connectivity index is 1.74. The molecule has 0 aliphatic carbocycles. The van der Waals surface area contributed by atoms with Gasteiger partial charge < -0.3 is 37.0 Å². The lowest BCUT2D eigenvalue weighted by Crippen LogP contribution is -2.14. The van der Waals surface area contributed by atoms with Gasteiger partial charge in [0.25, 0.3) is 0 Å². The zero-order valence-corrected chi connectivity index (χ0v) is 41.6. The highest BCUT2D eigenvalue weighted by atomic mass is 31.2. The highest BCUT2D eigenvalue weighted by molar-refractivity contribution is 7.53. The van der Waals surface area contributed by atoms with Crippen molar-refractivity contribution in [1.29, 1.82) is 0 Å². The first kappa shape index (κ1) is 53.6. The summed E-state index contributed by atoms with van der Waals surface area (Å²) in [5.74, 6) is 0.869. The van der Waals surface area contributed by atoms with Crippen molar-refractivity contribution in [1.82, 2.24) is 0 Å². The Kier molecular flexibility index (Phi) is 24.2. The van der Waals surface area contributed by atoms with Crippen molar-refractivity contribution >= 4 is 15.2 Å². The number of methoxy groups -OCH3 is 2. The predicted octanol–water partition coefficient (Wildman–Crippen LogP) is 13.6. The summed E-state index contributed by atoms with van der Waals surface area (Å²) in [6, 6.07) is 34.8. The normalized spacial score (nSPS) is 14.1. The van der Waals surface area contributed by atoms with Gasteiger partial charge in [-0.2, -0.15) is 0 Å². The number of hydrogen-bond donors (Lipinski definition) is 0. The van der Waals surface area contributed by atoms with Gasteiger partial charge in [0.1, 0.15) is 0 Å². The molecule has 4 aromatic carbocycles. The van der Waals surface area contributed by atoms with E-state index < -0.39 is 15.2 Å². The summed E-state index contributed by atoms with van der Waals surface area (Å²) in [6.45, 7) is 16.5. The number of benzene rings is 4. The molecule has 0 aromatic heterocycles. The minimum absolute atomic E-state index is 0.168. The van der Waals surface area contributed by atoms with Crippen molar-refractivity contribution in [3.8, 4) is 0 Å². The van der Waals surface area contributed by atoms with Crippen LogP contribution in [-0.2, 0) is 71.7 Å². The SMILES string of the molecule is CCOP(=O)(Cc1ccc(C(CC(CC)c2cccc(CP(=O)(OCC)OCC)c2)CC(CC(C)c2cccc(COCCOC)c2)c2ccc(COCCOC)cc2)cc1)OCC. The van der Waals surface area contributed by atoms with E-state index in [4.69, 9.17) is 37.0 Å². The Bertz CT molecular complexity index is 1970. The van der Waals surface area contributed by atoms with Gasteiger partial charge in [0, 0.05) is 14.2 Å². The third-order valence-corrected chi connectivity index (χ3v) is 15.7. The maximum Gasteiger partial charge on any atom is 0.335 e. The first-order chi connectivity index (χ1) is 31.0. The van der Waals surface area contributed by atoms with Crippen LogP contribution in [0, 0.1) is 0 Å². The van der Waals surface area contributed by atoms with Crippen LogP contribution in [0.15, 0.2) is 97.1 Å². The van der Waals surface area contributed by atoms with E-state index in [-0.39, 0.29) is 36.0 Å². The van der Waals surface area contributed by atoms with Gasteiger partial charge in [0.2, 0.25) is 0 Å². The van der Waals surface area contributed by atoms with Crippen molar-refractivity contribution in [3.05, 3.63) is 142 Å². The van der Waals surface area contributed by atoms with Crippen LogP contribution in [0.1, 0.15) is 135 Å². The first-order valence-electron chi connectivity index (χ1n) is 23.3. The van der Waals surface area contributed by atoms with E-state index in [1.807, 2.05) is 33.8 Å². The fourth-order valence-electron chi connectivity index (χ4n) is 8.40. The highest BCUT2D eigenvalue weighted by Gasteiger charge is 2.29. The summed E-state index contributed by atoms with van der Waals surface area (Å²) in [6.07, 6.45) is 4.12. The monoisotopic (exact) mass is 922 g/mol. The topological polar surface area (TPSA) is 108 Å². The standard InChI is InChI=1S/C52H76O10P2/c1-9-46(50-19-15-17-45(34-50)40-64(54,61-12-4)62-13-5)35-52(48-26-22-43(23-27-48)39-63(53,59-10-2)60-11-3)36-51(47-24-20-42(21-25-47)37-57-30-28-55-7)32-41(6)49-18-14-16-44(33-49)38-58-31-29-56-8/h14-27,33-34,41,46,51-52H,9-13,28-32,35-40H2,1-8H3. The molecule has 0 fully saturated rings. The summed E-state index contributed by atoms with van der Waals surface area (Å²) < 4.78 is 72.0. The molecule has 4 rings (SSSR count). The van der Waals surface area contributed by atoms with Gasteiger partial charge in [-0.1, -0.05) is 111 Å². The Morgan fingerprint density at radius 2 is 0.891 bits per heavy atom. The highest BCUT2D eigenvalue weighted by Crippen LogP contribution is 2.53. The molecule has 0 amide bonds. The van der Waals surface area contributed by atoms with Crippen LogP contribution in [0.4, 0.5) is 0 Å². The fraction of sp³-hybridized carbons (Fsp3) is 0.538. The van der Waals surface area contributed by atoms with E-state index in [0.29, 0.717) is 66.1 Å². The summed E-state index contributed by atoms with van der Waals surface area (Å²) in [5.41, 5.74) is 9.16. The minimum atomic E-state index is -3.29. The molecule has 354 valence electrons. The van der Waals surface area contributed by atoms with Crippen LogP contribution in [0.2, 0.25) is 0 Å². The van der Waals surface area contributed by atoms with E-state index in [9.17, 15) is 9.13 Å². The first-order valence-corrected chi connectivity index (χ1v) is 26.7. The van der Waals surface area contributed by atoms with Crippen LogP contribution in [-0.4, -0.2) is 67.1 Å². The van der Waals surface area contributed by atoms with Crippen molar-refractivity contribution in [2.75, 3.05) is 67.1 Å².